The van der Waals surface area contributed by atoms with Crippen LogP contribution < -0.4 is 4.90 Å². The van der Waals surface area contributed by atoms with Crippen molar-refractivity contribution in [3.63, 3.8) is 0 Å². The van der Waals surface area contributed by atoms with Crippen molar-refractivity contribution in [2.24, 2.45) is 0 Å². The van der Waals surface area contributed by atoms with Gasteiger partial charge in [0.15, 0.2) is 0 Å². The molecule has 2 heterocycles. The molecule has 1 saturated heterocycles. The van der Waals surface area contributed by atoms with E-state index >= 15 is 0 Å². The van der Waals surface area contributed by atoms with E-state index in [9.17, 15) is 4.79 Å². The maximum Gasteiger partial charge on any atom is 0.233 e. The molecule has 1 aliphatic rings. The molecule has 4 rings (SSSR count). The topological polar surface area (TPSA) is 68.4 Å². The second-order valence-corrected chi connectivity index (χ2v) is 8.69. The van der Waals surface area contributed by atoms with E-state index in [1.54, 1.807) is 4.68 Å². The monoisotopic (exact) mass is 423 g/mol. The molecule has 0 radical (unpaired) electrons. The molecule has 1 aromatic heterocycles. The molecule has 0 aliphatic carbocycles. The Hall–Kier alpha value is -2.71. The van der Waals surface area contributed by atoms with Crippen LogP contribution in [-0.4, -0.2) is 62.9 Å². The molecular formula is C22H27N6OS+. The lowest BCUT2D eigenvalue weighted by molar-refractivity contribution is -0.917. The number of hydrogen-bond acceptors (Lipinski definition) is 5. The number of aryl methyl sites for hydroxylation is 2. The molecule has 1 amide bonds. The van der Waals surface area contributed by atoms with E-state index in [2.05, 4.69) is 52.8 Å². The Morgan fingerprint density at radius 2 is 1.87 bits per heavy atom. The van der Waals surface area contributed by atoms with Gasteiger partial charge in [0.1, 0.15) is 6.54 Å². The first-order chi connectivity index (χ1) is 14.6. The summed E-state index contributed by atoms with van der Waals surface area (Å²) < 4.78 is 1.72. The van der Waals surface area contributed by atoms with Gasteiger partial charge in [-0.3, -0.25) is 4.79 Å². The van der Waals surface area contributed by atoms with Gasteiger partial charge < -0.3 is 9.80 Å². The van der Waals surface area contributed by atoms with Gasteiger partial charge in [0.2, 0.25) is 11.1 Å². The van der Waals surface area contributed by atoms with Gasteiger partial charge >= 0.3 is 0 Å². The Balaban J connectivity index is 1.30. The standard InChI is InChI=1S/C22H26N6OS/c1-17-8-9-20(18(2)14-17)28-22(23-24-25-28)30-16-21(29)27-12-10-26(11-13-27)15-19-6-4-3-5-7-19/h3-9,14H,10-13,15-16H2,1-2H3/p+1. The second-order valence-electron chi connectivity index (χ2n) is 7.75. The summed E-state index contributed by atoms with van der Waals surface area (Å²) in [5.41, 5.74) is 4.59. The van der Waals surface area contributed by atoms with Gasteiger partial charge in [0.05, 0.1) is 37.6 Å². The maximum atomic E-state index is 12.7. The van der Waals surface area contributed by atoms with E-state index in [1.165, 1.54) is 27.8 Å². The second kappa shape index (κ2) is 9.40. The lowest BCUT2D eigenvalue weighted by Gasteiger charge is -2.32. The summed E-state index contributed by atoms with van der Waals surface area (Å²) >= 11 is 1.40. The summed E-state index contributed by atoms with van der Waals surface area (Å²) in [5.74, 6) is 0.494. The molecule has 0 unspecified atom stereocenters. The minimum absolute atomic E-state index is 0.147. The van der Waals surface area contributed by atoms with E-state index in [-0.39, 0.29) is 5.91 Å². The van der Waals surface area contributed by atoms with Crippen LogP contribution in [0.25, 0.3) is 5.69 Å². The lowest BCUT2D eigenvalue weighted by atomic mass is 10.1. The molecule has 1 aliphatic heterocycles. The summed E-state index contributed by atoms with van der Waals surface area (Å²) in [6.45, 7) is 8.67. The number of rotatable bonds is 6. The van der Waals surface area contributed by atoms with Crippen molar-refractivity contribution in [1.82, 2.24) is 25.1 Å². The number of tetrazole rings is 1. The molecule has 30 heavy (non-hydrogen) atoms. The number of nitrogens with one attached hydrogen (secondary N) is 1. The van der Waals surface area contributed by atoms with Crippen LogP contribution >= 0.6 is 11.8 Å². The van der Waals surface area contributed by atoms with E-state index in [0.29, 0.717) is 10.9 Å². The molecule has 0 bridgehead atoms. The van der Waals surface area contributed by atoms with Crippen LogP contribution in [0.1, 0.15) is 16.7 Å². The number of aromatic nitrogens is 4. The van der Waals surface area contributed by atoms with Crippen molar-refractivity contribution in [1.29, 1.82) is 0 Å². The molecule has 0 saturated carbocycles. The first kappa shape index (κ1) is 20.6. The lowest BCUT2D eigenvalue weighted by Crippen LogP contribution is -3.13. The summed E-state index contributed by atoms with van der Waals surface area (Å²) in [6.07, 6.45) is 0. The summed E-state index contributed by atoms with van der Waals surface area (Å²) in [6, 6.07) is 16.7. The molecule has 8 heteroatoms. The van der Waals surface area contributed by atoms with E-state index in [0.717, 1.165) is 44.0 Å². The van der Waals surface area contributed by atoms with Crippen LogP contribution in [0.3, 0.4) is 0 Å². The fourth-order valence-electron chi connectivity index (χ4n) is 3.81. The first-order valence-corrected chi connectivity index (χ1v) is 11.2. The van der Waals surface area contributed by atoms with Crippen molar-refractivity contribution in [3.05, 3.63) is 65.2 Å². The average molecular weight is 424 g/mol. The maximum absolute atomic E-state index is 12.7. The van der Waals surface area contributed by atoms with Gasteiger partial charge in [-0.2, -0.15) is 4.68 Å². The number of benzene rings is 2. The first-order valence-electron chi connectivity index (χ1n) is 10.2. The Bertz CT molecular complexity index is 998. The van der Waals surface area contributed by atoms with Crippen LogP contribution in [0.15, 0.2) is 53.7 Å². The molecular weight excluding hydrogens is 396 g/mol. The quantitative estimate of drug-likeness (QED) is 0.606. The largest absolute Gasteiger partial charge is 0.331 e. The summed E-state index contributed by atoms with van der Waals surface area (Å²) in [5, 5.41) is 12.7. The minimum atomic E-state index is 0.147. The fourth-order valence-corrected chi connectivity index (χ4v) is 4.60. The van der Waals surface area contributed by atoms with Crippen molar-refractivity contribution in [3.8, 4) is 5.69 Å². The summed E-state index contributed by atoms with van der Waals surface area (Å²) in [4.78, 5) is 16.2. The third-order valence-electron chi connectivity index (χ3n) is 5.47. The van der Waals surface area contributed by atoms with Crippen molar-refractivity contribution in [2.45, 2.75) is 25.5 Å². The number of thioether (sulfide) groups is 1. The molecule has 0 atom stereocenters. The van der Waals surface area contributed by atoms with E-state index in [1.807, 2.05) is 30.0 Å². The van der Waals surface area contributed by atoms with Crippen LogP contribution in [-0.2, 0) is 11.3 Å². The number of piperazine rings is 1. The van der Waals surface area contributed by atoms with Crippen molar-refractivity contribution in [2.75, 3.05) is 31.9 Å². The molecule has 3 aromatic rings. The Morgan fingerprint density at radius 1 is 1.10 bits per heavy atom. The summed E-state index contributed by atoms with van der Waals surface area (Å²) in [7, 11) is 0. The molecule has 2 aromatic carbocycles. The SMILES string of the molecule is Cc1ccc(-n2nnnc2SCC(=O)N2CC[NH+](Cc3ccccc3)CC2)c(C)c1. The number of hydrogen-bond donors (Lipinski definition) is 1. The highest BCUT2D eigenvalue weighted by Gasteiger charge is 2.24. The van der Waals surface area contributed by atoms with Gasteiger partial charge in [-0.1, -0.05) is 59.8 Å². The Kier molecular flexibility index (Phi) is 6.44. The number of nitrogens with zero attached hydrogens (tertiary/aromatic N) is 5. The van der Waals surface area contributed by atoms with Gasteiger partial charge in [-0.15, -0.1) is 5.10 Å². The van der Waals surface area contributed by atoms with E-state index < -0.39 is 0 Å². The van der Waals surface area contributed by atoms with Gasteiger partial charge in [0.25, 0.3) is 0 Å². The van der Waals surface area contributed by atoms with Crippen LogP contribution in [0.4, 0.5) is 0 Å². The Labute approximate surface area is 181 Å². The zero-order valence-electron chi connectivity index (χ0n) is 17.4. The molecule has 156 valence electrons. The highest BCUT2D eigenvalue weighted by atomic mass is 32.2. The smallest absolute Gasteiger partial charge is 0.233 e. The van der Waals surface area contributed by atoms with Crippen LogP contribution in [0.2, 0.25) is 0 Å². The zero-order chi connectivity index (χ0) is 20.9. The zero-order valence-corrected chi connectivity index (χ0v) is 18.2. The average Bonchev–Trinajstić information content (AvgIpc) is 3.21. The highest BCUT2D eigenvalue weighted by molar-refractivity contribution is 7.99. The molecule has 7 nitrogen and oxygen atoms in total. The third kappa shape index (κ3) is 4.88. The third-order valence-corrected chi connectivity index (χ3v) is 6.37. The van der Waals surface area contributed by atoms with Crippen LogP contribution in [0, 0.1) is 13.8 Å². The predicted octanol–water partition coefficient (Wildman–Crippen LogP) is 1.30. The van der Waals surface area contributed by atoms with E-state index in [4.69, 9.17) is 0 Å². The predicted molar refractivity (Wildman–Crippen MR) is 117 cm³/mol. The van der Waals surface area contributed by atoms with Crippen molar-refractivity contribution >= 4 is 17.7 Å². The Morgan fingerprint density at radius 3 is 2.60 bits per heavy atom. The molecule has 1 N–H and O–H groups in total. The van der Waals surface area contributed by atoms with Gasteiger partial charge in [-0.05, 0) is 35.9 Å². The highest BCUT2D eigenvalue weighted by Crippen LogP contribution is 2.21. The van der Waals surface area contributed by atoms with Gasteiger partial charge in [0, 0.05) is 5.56 Å². The van der Waals surface area contributed by atoms with Gasteiger partial charge in [-0.25, -0.2) is 0 Å². The number of quaternary nitrogens is 1. The molecule has 1 fully saturated rings. The number of amides is 1. The normalized spacial score (nSPS) is 14.8. The number of carbonyl (C=O) groups excluding carboxylic acids is 1. The van der Waals surface area contributed by atoms with Crippen LogP contribution in [0.5, 0.6) is 0 Å². The number of carbonyl (C=O) groups is 1. The molecule has 0 spiro atoms. The minimum Gasteiger partial charge on any atom is -0.331 e. The fraction of sp³-hybridized carbons (Fsp3) is 0.364. The van der Waals surface area contributed by atoms with Crippen molar-refractivity contribution < 1.29 is 9.69 Å².